The van der Waals surface area contributed by atoms with Gasteiger partial charge in [-0.05, 0) is 36.5 Å². The summed E-state index contributed by atoms with van der Waals surface area (Å²) in [6.45, 7) is 3.36. The molecule has 0 saturated carbocycles. The van der Waals surface area contributed by atoms with Gasteiger partial charge in [0.05, 0.1) is 6.04 Å². The van der Waals surface area contributed by atoms with Crippen LogP contribution in [0.25, 0.3) is 0 Å². The first-order valence-electron chi connectivity index (χ1n) is 10.9. The van der Waals surface area contributed by atoms with E-state index in [0.29, 0.717) is 5.56 Å². The molecule has 12 nitrogen and oxygen atoms in total. The van der Waals surface area contributed by atoms with Gasteiger partial charge in [0.25, 0.3) is 0 Å². The van der Waals surface area contributed by atoms with Crippen LogP contribution in [0.5, 0.6) is 5.75 Å². The summed E-state index contributed by atoms with van der Waals surface area (Å²) in [5.74, 6) is -5.28. The van der Waals surface area contributed by atoms with Crippen molar-refractivity contribution < 1.29 is 39.3 Å². The molecule has 0 bridgehead atoms. The lowest BCUT2D eigenvalue weighted by molar-refractivity contribution is -0.143. The molecule has 194 valence electrons. The van der Waals surface area contributed by atoms with Crippen LogP contribution in [0, 0.1) is 5.92 Å². The maximum atomic E-state index is 12.8. The minimum atomic E-state index is -1.46. The molecule has 1 rings (SSSR count). The van der Waals surface area contributed by atoms with Crippen LogP contribution in [0.4, 0.5) is 0 Å². The maximum absolute atomic E-state index is 12.8. The minimum absolute atomic E-state index is 0.0719. The number of carbonyl (C=O) groups excluding carboxylic acids is 3. The number of hydrogen-bond donors (Lipinski definition) is 8. The molecule has 1 aromatic carbocycles. The summed E-state index contributed by atoms with van der Waals surface area (Å²) in [4.78, 5) is 60.0. The van der Waals surface area contributed by atoms with Crippen molar-refractivity contribution in [2.75, 3.05) is 5.75 Å². The Morgan fingerprint density at radius 2 is 1.49 bits per heavy atom. The van der Waals surface area contributed by atoms with Crippen molar-refractivity contribution >= 4 is 42.3 Å². The third-order valence-electron chi connectivity index (χ3n) is 5.05. The summed E-state index contributed by atoms with van der Waals surface area (Å²) in [6, 6.07) is 1.43. The molecule has 0 aliphatic carbocycles. The second kappa shape index (κ2) is 14.2. The van der Waals surface area contributed by atoms with E-state index in [0.717, 1.165) is 0 Å². The molecule has 0 fully saturated rings. The molecule has 8 N–H and O–H groups in total. The fourth-order valence-electron chi connectivity index (χ4n) is 3.03. The number of aliphatic carboxylic acids is 2. The van der Waals surface area contributed by atoms with E-state index in [1.165, 1.54) is 12.1 Å². The second-order valence-electron chi connectivity index (χ2n) is 8.28. The van der Waals surface area contributed by atoms with Gasteiger partial charge in [-0.15, -0.1) is 0 Å². The fraction of sp³-hybridized carbons (Fsp3) is 0.500. The first kappa shape index (κ1) is 29.7. The molecule has 0 heterocycles. The molecule has 0 radical (unpaired) electrons. The van der Waals surface area contributed by atoms with Gasteiger partial charge in [0, 0.05) is 12.2 Å². The molecule has 0 aromatic heterocycles. The van der Waals surface area contributed by atoms with Gasteiger partial charge in [-0.3, -0.25) is 19.2 Å². The Labute approximate surface area is 208 Å². The van der Waals surface area contributed by atoms with Crippen molar-refractivity contribution in [1.29, 1.82) is 0 Å². The number of thiol groups is 1. The molecule has 3 amide bonds. The van der Waals surface area contributed by atoms with Gasteiger partial charge in [-0.2, -0.15) is 12.6 Å². The molecule has 4 atom stereocenters. The van der Waals surface area contributed by atoms with Crippen LogP contribution in [0.1, 0.15) is 32.3 Å². The second-order valence-corrected chi connectivity index (χ2v) is 8.65. The first-order chi connectivity index (χ1) is 16.3. The quantitative estimate of drug-likeness (QED) is 0.147. The zero-order chi connectivity index (χ0) is 26.7. The van der Waals surface area contributed by atoms with Gasteiger partial charge in [0.15, 0.2) is 0 Å². The number of nitrogens with one attached hydrogen (secondary N) is 3. The topological polar surface area (TPSA) is 208 Å². The van der Waals surface area contributed by atoms with Gasteiger partial charge in [-0.25, -0.2) is 4.79 Å². The summed E-state index contributed by atoms with van der Waals surface area (Å²) >= 11 is 4.03. The summed E-state index contributed by atoms with van der Waals surface area (Å²) < 4.78 is 0. The highest BCUT2D eigenvalue weighted by Crippen LogP contribution is 2.11. The number of benzene rings is 1. The van der Waals surface area contributed by atoms with E-state index < -0.39 is 60.2 Å². The monoisotopic (exact) mass is 512 g/mol. The third-order valence-corrected chi connectivity index (χ3v) is 5.42. The van der Waals surface area contributed by atoms with Gasteiger partial charge in [-0.1, -0.05) is 26.0 Å². The molecule has 0 aliphatic rings. The molecular formula is C22H32N4O8S. The predicted octanol–water partition coefficient (Wildman–Crippen LogP) is -0.748. The number of carboxylic acids is 2. The molecule has 4 unspecified atom stereocenters. The average Bonchev–Trinajstić information content (AvgIpc) is 2.78. The fourth-order valence-corrected chi connectivity index (χ4v) is 3.28. The summed E-state index contributed by atoms with van der Waals surface area (Å²) in [5, 5.41) is 34.5. The lowest BCUT2D eigenvalue weighted by atomic mass is 10.0. The van der Waals surface area contributed by atoms with Crippen molar-refractivity contribution in [3.05, 3.63) is 29.8 Å². The smallest absolute Gasteiger partial charge is 0.326 e. The van der Waals surface area contributed by atoms with Crippen LogP contribution in [-0.4, -0.2) is 74.9 Å². The predicted molar refractivity (Wildman–Crippen MR) is 129 cm³/mol. The standard InChI is InChI=1S/C22H32N4O8S/c1-11(2)18(26-19(30)14(23)9-12-3-5-13(27)6-4-12)21(32)25-16(10-35)20(31)24-15(22(33)34)7-8-17(28)29/h3-6,11,14-16,18,27,35H,7-10,23H2,1-2H3,(H,24,31)(H,25,32)(H,26,30)(H,28,29)(H,33,34). The van der Waals surface area contributed by atoms with Crippen LogP contribution in [0.15, 0.2) is 24.3 Å². The van der Waals surface area contributed by atoms with Crippen molar-refractivity contribution in [3.63, 3.8) is 0 Å². The molecule has 0 saturated heterocycles. The van der Waals surface area contributed by atoms with Crippen LogP contribution >= 0.6 is 12.6 Å². The van der Waals surface area contributed by atoms with E-state index in [1.807, 2.05) is 0 Å². The van der Waals surface area contributed by atoms with Crippen molar-refractivity contribution in [2.45, 2.75) is 57.3 Å². The average molecular weight is 513 g/mol. The Morgan fingerprint density at radius 1 is 0.914 bits per heavy atom. The molecule has 35 heavy (non-hydrogen) atoms. The Morgan fingerprint density at radius 3 is 1.97 bits per heavy atom. The van der Waals surface area contributed by atoms with Gasteiger partial charge in [0.2, 0.25) is 17.7 Å². The number of phenolic OH excluding ortho intramolecular Hbond substituents is 1. The molecule has 13 heteroatoms. The lowest BCUT2D eigenvalue weighted by Gasteiger charge is -2.26. The van der Waals surface area contributed by atoms with E-state index in [-0.39, 0.29) is 30.3 Å². The highest BCUT2D eigenvalue weighted by molar-refractivity contribution is 7.80. The SMILES string of the molecule is CC(C)C(NC(=O)C(N)Cc1ccc(O)cc1)C(=O)NC(CS)C(=O)NC(CCC(=O)O)C(=O)O. The number of rotatable bonds is 14. The van der Waals surface area contributed by atoms with E-state index in [1.54, 1.807) is 26.0 Å². The van der Waals surface area contributed by atoms with Crippen LogP contribution in [0.2, 0.25) is 0 Å². The Hall–Kier alpha value is -3.32. The van der Waals surface area contributed by atoms with E-state index in [4.69, 9.17) is 10.8 Å². The molecule has 1 aromatic rings. The van der Waals surface area contributed by atoms with Gasteiger partial charge >= 0.3 is 11.9 Å². The Bertz CT molecular complexity index is 909. The largest absolute Gasteiger partial charge is 0.508 e. The number of amides is 3. The van der Waals surface area contributed by atoms with Gasteiger partial charge in [0.1, 0.15) is 23.9 Å². The van der Waals surface area contributed by atoms with Crippen LogP contribution in [0.3, 0.4) is 0 Å². The molecule has 0 spiro atoms. The highest BCUT2D eigenvalue weighted by atomic mass is 32.1. The van der Waals surface area contributed by atoms with E-state index >= 15 is 0 Å². The third kappa shape index (κ3) is 10.2. The number of nitrogens with two attached hydrogens (primary N) is 1. The van der Waals surface area contributed by atoms with Gasteiger partial charge < -0.3 is 37.0 Å². The van der Waals surface area contributed by atoms with Crippen LogP contribution < -0.4 is 21.7 Å². The lowest BCUT2D eigenvalue weighted by Crippen LogP contribution is -2.59. The number of hydrogen-bond acceptors (Lipinski definition) is 8. The van der Waals surface area contributed by atoms with Crippen LogP contribution in [-0.2, 0) is 30.4 Å². The van der Waals surface area contributed by atoms with Crippen molar-refractivity contribution in [2.24, 2.45) is 11.7 Å². The minimum Gasteiger partial charge on any atom is -0.508 e. The number of carboxylic acid groups (broad SMARTS) is 2. The van der Waals surface area contributed by atoms with Crippen molar-refractivity contribution in [1.82, 2.24) is 16.0 Å². The molecule has 0 aliphatic heterocycles. The van der Waals surface area contributed by atoms with E-state index in [9.17, 15) is 34.2 Å². The zero-order valence-corrected chi connectivity index (χ0v) is 20.3. The number of phenols is 1. The molecular weight excluding hydrogens is 480 g/mol. The normalized spacial score (nSPS) is 14.3. The highest BCUT2D eigenvalue weighted by Gasteiger charge is 2.31. The Balaban J connectivity index is 2.80. The summed E-state index contributed by atoms with van der Waals surface area (Å²) in [7, 11) is 0. The first-order valence-corrected chi connectivity index (χ1v) is 11.5. The number of carbonyl (C=O) groups is 5. The maximum Gasteiger partial charge on any atom is 0.326 e. The summed E-state index contributed by atoms with van der Waals surface area (Å²) in [5.41, 5.74) is 6.67. The van der Waals surface area contributed by atoms with Crippen molar-refractivity contribution in [3.8, 4) is 5.75 Å². The zero-order valence-electron chi connectivity index (χ0n) is 19.4. The summed E-state index contributed by atoms with van der Waals surface area (Å²) in [6.07, 6.45) is -0.651. The number of aromatic hydroxyl groups is 1. The Kier molecular flexibility index (Phi) is 12.0. The van der Waals surface area contributed by atoms with E-state index in [2.05, 4.69) is 28.6 Å².